The van der Waals surface area contributed by atoms with Crippen LogP contribution >= 0.6 is 0 Å². The van der Waals surface area contributed by atoms with E-state index in [0.717, 1.165) is 17.4 Å². The molecule has 1 rings (SSSR count). The number of amides is 1. The minimum Gasteiger partial charge on any atom is -0.480 e. The number of hydrogen-bond donors (Lipinski definition) is 2. The molecule has 0 spiro atoms. The molecule has 2 N–H and O–H groups in total. The molecule has 1 unspecified atom stereocenters. The van der Waals surface area contributed by atoms with Crippen molar-refractivity contribution in [3.8, 4) is 0 Å². The van der Waals surface area contributed by atoms with Gasteiger partial charge in [0, 0.05) is 11.8 Å². The zero-order valence-electron chi connectivity index (χ0n) is 12.2. The van der Waals surface area contributed by atoms with Crippen LogP contribution in [0.25, 0.3) is 0 Å². The van der Waals surface area contributed by atoms with E-state index in [1.165, 1.54) is 0 Å². The van der Waals surface area contributed by atoms with Gasteiger partial charge in [-0.05, 0) is 31.9 Å². The average Bonchev–Trinajstić information content (AvgIpc) is 2.32. The van der Waals surface area contributed by atoms with E-state index in [1.54, 1.807) is 19.1 Å². The van der Waals surface area contributed by atoms with Gasteiger partial charge >= 0.3 is 5.97 Å². The number of aryl methyl sites for hydroxylation is 2. The van der Waals surface area contributed by atoms with Crippen LogP contribution in [0.2, 0.25) is 0 Å². The number of benzene rings is 1. The normalized spacial score (nSPS) is 12.7. The van der Waals surface area contributed by atoms with Gasteiger partial charge in [-0.2, -0.15) is 0 Å². The first-order chi connectivity index (χ1) is 9.60. The summed E-state index contributed by atoms with van der Waals surface area (Å²) in [5.41, 5.74) is 2.11. The van der Waals surface area contributed by atoms with Crippen molar-refractivity contribution >= 4 is 21.7 Å². The summed E-state index contributed by atoms with van der Waals surface area (Å²) < 4.78 is 22.2. The molecule has 1 aromatic rings. The zero-order valence-corrected chi connectivity index (χ0v) is 13.0. The number of carboxylic acids is 1. The Balaban J connectivity index is 2.84. The molecule has 0 aromatic heterocycles. The first kappa shape index (κ1) is 17.2. The van der Waals surface area contributed by atoms with E-state index in [9.17, 15) is 18.0 Å². The summed E-state index contributed by atoms with van der Waals surface area (Å²) in [6.07, 6.45) is 0.864. The molecule has 116 valence electrons. The van der Waals surface area contributed by atoms with Crippen molar-refractivity contribution < 1.29 is 23.1 Å². The number of carbonyl (C=O) groups is 2. The summed E-state index contributed by atoms with van der Waals surface area (Å²) in [5.74, 6) is -2.07. The highest BCUT2D eigenvalue weighted by molar-refractivity contribution is 7.90. The Bertz CT molecular complexity index is 651. The van der Waals surface area contributed by atoms with Gasteiger partial charge in [-0.1, -0.05) is 17.7 Å². The second-order valence-corrected chi connectivity index (χ2v) is 7.36. The molecular weight excluding hydrogens is 294 g/mol. The van der Waals surface area contributed by atoms with Crippen LogP contribution in [0.5, 0.6) is 0 Å². The lowest BCUT2D eigenvalue weighted by molar-refractivity contribution is -0.139. The van der Waals surface area contributed by atoms with Gasteiger partial charge in [0.25, 0.3) is 5.91 Å². The number of carboxylic acid groups (broad SMARTS) is 1. The standard InChI is InChI=1S/C14H19NO5S/c1-9-4-5-11(10(2)8-9)13(16)15-12(14(17)18)6-7-21(3,19)20/h4-5,8,12H,6-7H2,1-3H3,(H,15,16)(H,17,18). The largest absolute Gasteiger partial charge is 0.480 e. The third-order valence-electron chi connectivity index (χ3n) is 3.01. The summed E-state index contributed by atoms with van der Waals surface area (Å²) in [5, 5.41) is 11.4. The molecule has 1 amide bonds. The van der Waals surface area contributed by atoms with Crippen LogP contribution in [-0.4, -0.2) is 43.5 Å². The van der Waals surface area contributed by atoms with Crippen LogP contribution in [0.3, 0.4) is 0 Å². The van der Waals surface area contributed by atoms with Crippen LogP contribution in [0.4, 0.5) is 0 Å². The van der Waals surface area contributed by atoms with Crippen molar-refractivity contribution in [2.45, 2.75) is 26.3 Å². The summed E-state index contributed by atoms with van der Waals surface area (Å²) >= 11 is 0. The molecule has 0 heterocycles. The second kappa shape index (κ2) is 6.71. The van der Waals surface area contributed by atoms with Gasteiger partial charge in [0.05, 0.1) is 5.75 Å². The van der Waals surface area contributed by atoms with E-state index in [-0.39, 0.29) is 12.2 Å². The number of rotatable bonds is 6. The molecule has 7 heteroatoms. The highest BCUT2D eigenvalue weighted by atomic mass is 32.2. The van der Waals surface area contributed by atoms with Gasteiger partial charge in [-0.25, -0.2) is 13.2 Å². The van der Waals surface area contributed by atoms with Gasteiger partial charge in [0.15, 0.2) is 0 Å². The Kier molecular flexibility index (Phi) is 5.48. The molecule has 0 aliphatic heterocycles. The van der Waals surface area contributed by atoms with E-state index in [0.29, 0.717) is 5.56 Å². The van der Waals surface area contributed by atoms with E-state index >= 15 is 0 Å². The molecule has 0 saturated heterocycles. The Morgan fingerprint density at radius 2 is 1.90 bits per heavy atom. The Morgan fingerprint density at radius 1 is 1.29 bits per heavy atom. The van der Waals surface area contributed by atoms with E-state index < -0.39 is 27.8 Å². The van der Waals surface area contributed by atoms with Crippen molar-refractivity contribution in [1.29, 1.82) is 0 Å². The number of carbonyl (C=O) groups excluding carboxylic acids is 1. The van der Waals surface area contributed by atoms with Crippen molar-refractivity contribution in [3.05, 3.63) is 34.9 Å². The first-order valence-corrected chi connectivity index (χ1v) is 8.45. The lowest BCUT2D eigenvalue weighted by Crippen LogP contribution is -2.42. The lowest BCUT2D eigenvalue weighted by atomic mass is 10.0. The minimum atomic E-state index is -3.28. The number of nitrogens with one attached hydrogen (secondary N) is 1. The maximum atomic E-state index is 12.1. The Morgan fingerprint density at radius 3 is 2.38 bits per heavy atom. The minimum absolute atomic E-state index is 0.162. The van der Waals surface area contributed by atoms with Crippen LogP contribution in [0.1, 0.15) is 27.9 Å². The molecular formula is C14H19NO5S. The van der Waals surface area contributed by atoms with Gasteiger partial charge in [-0.15, -0.1) is 0 Å². The molecule has 0 aliphatic rings. The topological polar surface area (TPSA) is 101 Å². The quantitative estimate of drug-likeness (QED) is 0.813. The van der Waals surface area contributed by atoms with Crippen LogP contribution in [0.15, 0.2) is 18.2 Å². The lowest BCUT2D eigenvalue weighted by Gasteiger charge is -2.15. The van der Waals surface area contributed by atoms with Crippen LogP contribution in [0, 0.1) is 13.8 Å². The SMILES string of the molecule is Cc1ccc(C(=O)NC(CCS(C)(=O)=O)C(=O)O)c(C)c1. The number of aliphatic carboxylic acids is 1. The van der Waals surface area contributed by atoms with Gasteiger partial charge in [0.2, 0.25) is 0 Å². The molecule has 1 aromatic carbocycles. The van der Waals surface area contributed by atoms with Crippen LogP contribution in [-0.2, 0) is 14.6 Å². The predicted molar refractivity (Wildman–Crippen MR) is 79.1 cm³/mol. The third-order valence-corrected chi connectivity index (χ3v) is 3.98. The van der Waals surface area contributed by atoms with Gasteiger partial charge in [-0.3, -0.25) is 4.79 Å². The Labute approximate surface area is 124 Å². The van der Waals surface area contributed by atoms with Crippen molar-refractivity contribution in [2.75, 3.05) is 12.0 Å². The van der Waals surface area contributed by atoms with Gasteiger partial charge in [0.1, 0.15) is 15.9 Å². The molecule has 21 heavy (non-hydrogen) atoms. The maximum absolute atomic E-state index is 12.1. The highest BCUT2D eigenvalue weighted by Gasteiger charge is 2.22. The molecule has 6 nitrogen and oxygen atoms in total. The number of sulfone groups is 1. The molecule has 0 saturated carbocycles. The second-order valence-electron chi connectivity index (χ2n) is 5.10. The molecule has 0 fully saturated rings. The number of hydrogen-bond acceptors (Lipinski definition) is 4. The molecule has 0 bridgehead atoms. The average molecular weight is 313 g/mol. The molecule has 0 radical (unpaired) electrons. The Hall–Kier alpha value is -1.89. The highest BCUT2D eigenvalue weighted by Crippen LogP contribution is 2.11. The van der Waals surface area contributed by atoms with Crippen molar-refractivity contribution in [3.63, 3.8) is 0 Å². The fourth-order valence-corrected chi connectivity index (χ4v) is 2.56. The maximum Gasteiger partial charge on any atom is 0.326 e. The van der Waals surface area contributed by atoms with Crippen molar-refractivity contribution in [2.24, 2.45) is 0 Å². The third kappa shape index (κ3) is 5.55. The predicted octanol–water partition coefficient (Wildman–Crippen LogP) is 0.921. The first-order valence-electron chi connectivity index (χ1n) is 6.39. The molecule has 1 atom stereocenters. The van der Waals surface area contributed by atoms with E-state index in [1.807, 2.05) is 13.0 Å². The fourth-order valence-electron chi connectivity index (χ4n) is 1.89. The van der Waals surface area contributed by atoms with E-state index in [4.69, 9.17) is 5.11 Å². The summed E-state index contributed by atoms with van der Waals surface area (Å²) in [7, 11) is -3.28. The van der Waals surface area contributed by atoms with Crippen LogP contribution < -0.4 is 5.32 Å². The monoisotopic (exact) mass is 313 g/mol. The zero-order chi connectivity index (χ0) is 16.2. The summed E-state index contributed by atoms with van der Waals surface area (Å²) in [6, 6.07) is 3.97. The summed E-state index contributed by atoms with van der Waals surface area (Å²) in [4.78, 5) is 23.2. The smallest absolute Gasteiger partial charge is 0.326 e. The van der Waals surface area contributed by atoms with E-state index in [2.05, 4.69) is 5.32 Å². The van der Waals surface area contributed by atoms with Gasteiger partial charge < -0.3 is 10.4 Å². The fraction of sp³-hybridized carbons (Fsp3) is 0.429. The van der Waals surface area contributed by atoms with Crippen molar-refractivity contribution in [1.82, 2.24) is 5.32 Å². The summed E-state index contributed by atoms with van der Waals surface area (Å²) in [6.45, 7) is 3.65. The molecule has 0 aliphatic carbocycles.